The van der Waals surface area contributed by atoms with Crippen molar-refractivity contribution in [3.63, 3.8) is 0 Å². The van der Waals surface area contributed by atoms with E-state index in [4.69, 9.17) is 16.0 Å². The molecule has 6 heteroatoms. The molecule has 124 valence electrons. The summed E-state index contributed by atoms with van der Waals surface area (Å²) < 4.78 is 5.57. The first-order valence-corrected chi connectivity index (χ1v) is 8.04. The average molecular weight is 335 g/mol. The van der Waals surface area contributed by atoms with E-state index in [9.17, 15) is 0 Å². The SMILES string of the molecule is CCNC(=NCc1nc(C)c(C)o1)N(C)Cc1ccc(Cl)cc1. The number of benzene rings is 1. The molecule has 5 nitrogen and oxygen atoms in total. The minimum Gasteiger partial charge on any atom is -0.444 e. The van der Waals surface area contributed by atoms with E-state index in [1.807, 2.05) is 52.1 Å². The third-order valence-corrected chi connectivity index (χ3v) is 3.72. The van der Waals surface area contributed by atoms with Crippen LogP contribution in [0.2, 0.25) is 5.02 Å². The number of rotatable bonds is 5. The van der Waals surface area contributed by atoms with Crippen molar-refractivity contribution in [2.24, 2.45) is 4.99 Å². The van der Waals surface area contributed by atoms with Crippen LogP contribution >= 0.6 is 11.6 Å². The molecule has 2 rings (SSSR count). The molecule has 1 aromatic carbocycles. The lowest BCUT2D eigenvalue weighted by atomic mass is 10.2. The van der Waals surface area contributed by atoms with E-state index in [0.717, 1.165) is 35.5 Å². The lowest BCUT2D eigenvalue weighted by Gasteiger charge is -2.22. The summed E-state index contributed by atoms with van der Waals surface area (Å²) in [4.78, 5) is 11.0. The van der Waals surface area contributed by atoms with Crippen molar-refractivity contribution in [2.75, 3.05) is 13.6 Å². The molecule has 0 spiro atoms. The lowest BCUT2D eigenvalue weighted by Crippen LogP contribution is -2.38. The van der Waals surface area contributed by atoms with Crippen molar-refractivity contribution >= 4 is 17.6 Å². The second kappa shape index (κ2) is 8.02. The summed E-state index contributed by atoms with van der Waals surface area (Å²) in [5, 5.41) is 4.03. The maximum atomic E-state index is 5.93. The molecule has 0 aliphatic rings. The van der Waals surface area contributed by atoms with E-state index < -0.39 is 0 Å². The monoisotopic (exact) mass is 334 g/mol. The minimum atomic E-state index is 0.419. The van der Waals surface area contributed by atoms with Crippen LogP contribution in [0.25, 0.3) is 0 Å². The van der Waals surface area contributed by atoms with Gasteiger partial charge in [0.2, 0.25) is 5.89 Å². The van der Waals surface area contributed by atoms with Crippen LogP contribution in [0.5, 0.6) is 0 Å². The Morgan fingerprint density at radius 1 is 1.30 bits per heavy atom. The fourth-order valence-corrected chi connectivity index (χ4v) is 2.28. The van der Waals surface area contributed by atoms with Crippen molar-refractivity contribution in [1.82, 2.24) is 15.2 Å². The molecule has 2 aromatic rings. The van der Waals surface area contributed by atoms with Crippen molar-refractivity contribution in [3.05, 3.63) is 52.2 Å². The van der Waals surface area contributed by atoms with Crippen LogP contribution < -0.4 is 5.32 Å². The quantitative estimate of drug-likeness (QED) is 0.671. The summed E-state index contributed by atoms with van der Waals surface area (Å²) in [6.07, 6.45) is 0. The topological polar surface area (TPSA) is 53.7 Å². The molecule has 0 aliphatic heterocycles. The Labute approximate surface area is 142 Å². The highest BCUT2D eigenvalue weighted by molar-refractivity contribution is 6.30. The van der Waals surface area contributed by atoms with Crippen LogP contribution in [-0.4, -0.2) is 29.4 Å². The average Bonchev–Trinajstić information content (AvgIpc) is 2.84. The Morgan fingerprint density at radius 2 is 2.00 bits per heavy atom. The number of guanidine groups is 1. The second-order valence-electron chi connectivity index (χ2n) is 5.40. The third kappa shape index (κ3) is 4.99. The van der Waals surface area contributed by atoms with Gasteiger partial charge in [0.25, 0.3) is 0 Å². The highest BCUT2D eigenvalue weighted by Gasteiger charge is 2.09. The Balaban J connectivity index is 2.06. The molecule has 0 saturated heterocycles. The smallest absolute Gasteiger partial charge is 0.216 e. The lowest BCUT2D eigenvalue weighted by molar-refractivity contribution is 0.458. The van der Waals surface area contributed by atoms with Crippen LogP contribution in [0.15, 0.2) is 33.7 Å². The largest absolute Gasteiger partial charge is 0.444 e. The number of hydrogen-bond acceptors (Lipinski definition) is 3. The highest BCUT2D eigenvalue weighted by atomic mass is 35.5. The molecule has 0 saturated carbocycles. The molecule has 0 radical (unpaired) electrons. The van der Waals surface area contributed by atoms with Gasteiger partial charge in [-0.3, -0.25) is 0 Å². The van der Waals surface area contributed by atoms with Crippen LogP contribution in [0.1, 0.15) is 29.8 Å². The van der Waals surface area contributed by atoms with Gasteiger partial charge in [-0.2, -0.15) is 0 Å². The molecule has 0 amide bonds. The molecule has 0 bridgehead atoms. The highest BCUT2D eigenvalue weighted by Crippen LogP contribution is 2.12. The van der Waals surface area contributed by atoms with Gasteiger partial charge in [-0.05, 0) is 38.5 Å². The number of aromatic nitrogens is 1. The summed E-state index contributed by atoms with van der Waals surface area (Å²) in [7, 11) is 2.00. The van der Waals surface area contributed by atoms with Gasteiger partial charge in [-0.25, -0.2) is 9.98 Å². The van der Waals surface area contributed by atoms with Gasteiger partial charge in [-0.15, -0.1) is 0 Å². The van der Waals surface area contributed by atoms with Crippen LogP contribution in [0.4, 0.5) is 0 Å². The van der Waals surface area contributed by atoms with E-state index in [0.29, 0.717) is 12.4 Å². The molecule has 1 heterocycles. The Kier molecular flexibility index (Phi) is 6.04. The fraction of sp³-hybridized carbons (Fsp3) is 0.412. The molecule has 1 N–H and O–H groups in total. The standard InChI is InChI=1S/C17H23ClN4O/c1-5-19-17(20-10-16-21-12(2)13(3)23-16)22(4)11-14-6-8-15(18)9-7-14/h6-9H,5,10-11H2,1-4H3,(H,19,20). The van der Waals surface area contributed by atoms with Gasteiger partial charge in [0.15, 0.2) is 5.96 Å². The predicted molar refractivity (Wildman–Crippen MR) is 93.7 cm³/mol. The summed E-state index contributed by atoms with van der Waals surface area (Å²) >= 11 is 5.93. The molecule has 0 fully saturated rings. The first-order valence-electron chi connectivity index (χ1n) is 7.66. The van der Waals surface area contributed by atoms with Gasteiger partial charge in [0.1, 0.15) is 12.3 Å². The van der Waals surface area contributed by atoms with Crippen molar-refractivity contribution in [3.8, 4) is 0 Å². The van der Waals surface area contributed by atoms with E-state index in [2.05, 4.69) is 20.2 Å². The first-order chi connectivity index (χ1) is 11.0. The summed E-state index contributed by atoms with van der Waals surface area (Å²) in [6.45, 7) is 7.85. The predicted octanol–water partition coefficient (Wildman–Crippen LogP) is 3.54. The van der Waals surface area contributed by atoms with Crippen molar-refractivity contribution in [2.45, 2.75) is 33.9 Å². The number of oxazole rings is 1. The number of aliphatic imine (C=N–C) groups is 1. The maximum absolute atomic E-state index is 5.93. The number of halogens is 1. The molecule has 23 heavy (non-hydrogen) atoms. The van der Waals surface area contributed by atoms with E-state index in [-0.39, 0.29) is 0 Å². The number of hydrogen-bond donors (Lipinski definition) is 1. The molecule has 1 aromatic heterocycles. The molecule has 0 unspecified atom stereocenters. The maximum Gasteiger partial charge on any atom is 0.216 e. The zero-order valence-corrected chi connectivity index (χ0v) is 14.8. The van der Waals surface area contributed by atoms with Gasteiger partial charge >= 0.3 is 0 Å². The normalized spacial score (nSPS) is 11.6. The number of aryl methyl sites for hydroxylation is 2. The minimum absolute atomic E-state index is 0.419. The molecular formula is C17H23ClN4O. The van der Waals surface area contributed by atoms with Crippen LogP contribution in [-0.2, 0) is 13.1 Å². The fourth-order valence-electron chi connectivity index (χ4n) is 2.16. The summed E-state index contributed by atoms with van der Waals surface area (Å²) in [6, 6.07) is 7.83. The molecule has 0 aliphatic carbocycles. The first kappa shape index (κ1) is 17.3. The van der Waals surface area contributed by atoms with Gasteiger partial charge in [0.05, 0.1) is 5.69 Å². The van der Waals surface area contributed by atoms with Gasteiger partial charge in [0, 0.05) is 25.2 Å². The molecular weight excluding hydrogens is 312 g/mol. The van der Waals surface area contributed by atoms with E-state index >= 15 is 0 Å². The van der Waals surface area contributed by atoms with E-state index in [1.165, 1.54) is 5.56 Å². The third-order valence-electron chi connectivity index (χ3n) is 3.47. The molecule has 0 atom stereocenters. The Hall–Kier alpha value is -2.01. The van der Waals surface area contributed by atoms with Crippen molar-refractivity contribution in [1.29, 1.82) is 0 Å². The second-order valence-corrected chi connectivity index (χ2v) is 5.84. The van der Waals surface area contributed by atoms with Crippen molar-refractivity contribution < 1.29 is 4.42 Å². The zero-order valence-electron chi connectivity index (χ0n) is 14.1. The number of nitrogens with zero attached hydrogens (tertiary/aromatic N) is 3. The summed E-state index contributed by atoms with van der Waals surface area (Å²) in [5.41, 5.74) is 2.08. The van der Waals surface area contributed by atoms with Crippen LogP contribution in [0.3, 0.4) is 0 Å². The zero-order chi connectivity index (χ0) is 16.8. The van der Waals surface area contributed by atoms with Gasteiger partial charge < -0.3 is 14.6 Å². The van der Waals surface area contributed by atoms with Crippen LogP contribution in [0, 0.1) is 13.8 Å². The Morgan fingerprint density at radius 3 is 2.57 bits per heavy atom. The van der Waals surface area contributed by atoms with Gasteiger partial charge in [-0.1, -0.05) is 23.7 Å². The Bertz CT molecular complexity index is 644. The summed E-state index contributed by atoms with van der Waals surface area (Å²) in [5.74, 6) is 2.29. The van der Waals surface area contributed by atoms with E-state index in [1.54, 1.807) is 0 Å². The number of nitrogens with one attached hydrogen (secondary N) is 1.